The van der Waals surface area contributed by atoms with Gasteiger partial charge < -0.3 is 10.2 Å². The fourth-order valence-electron chi connectivity index (χ4n) is 2.77. The number of carbonyl (C=O) groups is 2. The summed E-state index contributed by atoms with van der Waals surface area (Å²) in [4.78, 5) is 28.3. The minimum absolute atomic E-state index is 0.0497. The van der Waals surface area contributed by atoms with Gasteiger partial charge in [-0.3, -0.25) is 14.5 Å². The molecule has 0 aliphatic carbocycles. The van der Waals surface area contributed by atoms with Crippen LogP contribution in [0.25, 0.3) is 0 Å². The average Bonchev–Trinajstić information content (AvgIpc) is 3.17. The van der Waals surface area contributed by atoms with E-state index in [-0.39, 0.29) is 17.6 Å². The standard InChI is InChI=1S/C18H20FN3O2S/c19-16-3-1-14(2-4-16)18(24)22-10-8-21(9-11-22)7-6-20-17(23)15-5-12-25-13-15/h1-5,12-13H,6-11H2,(H,20,23). The zero-order valence-electron chi connectivity index (χ0n) is 13.8. The maximum atomic E-state index is 12.9. The quantitative estimate of drug-likeness (QED) is 0.887. The molecule has 2 amide bonds. The topological polar surface area (TPSA) is 52.7 Å². The molecule has 1 aliphatic heterocycles. The van der Waals surface area contributed by atoms with E-state index in [0.717, 1.165) is 19.6 Å². The van der Waals surface area contributed by atoms with E-state index in [1.165, 1.54) is 35.6 Å². The number of amides is 2. The van der Waals surface area contributed by atoms with Crippen LogP contribution < -0.4 is 5.32 Å². The number of thiophene rings is 1. The van der Waals surface area contributed by atoms with Gasteiger partial charge in [0.1, 0.15) is 5.82 Å². The van der Waals surface area contributed by atoms with Crippen molar-refractivity contribution in [3.8, 4) is 0 Å². The Morgan fingerprint density at radius 2 is 1.76 bits per heavy atom. The normalized spacial score (nSPS) is 15.2. The van der Waals surface area contributed by atoms with Crippen molar-refractivity contribution >= 4 is 23.2 Å². The highest BCUT2D eigenvalue weighted by Gasteiger charge is 2.22. The van der Waals surface area contributed by atoms with Crippen molar-refractivity contribution in [3.63, 3.8) is 0 Å². The molecule has 1 aromatic heterocycles. The van der Waals surface area contributed by atoms with Gasteiger partial charge in [0.25, 0.3) is 11.8 Å². The van der Waals surface area contributed by atoms with Crippen LogP contribution >= 0.6 is 11.3 Å². The minimum Gasteiger partial charge on any atom is -0.351 e. The Hall–Kier alpha value is -2.25. The molecule has 0 bridgehead atoms. The van der Waals surface area contributed by atoms with E-state index in [1.807, 2.05) is 10.8 Å². The lowest BCUT2D eigenvalue weighted by Crippen LogP contribution is -2.50. The third-order valence-corrected chi connectivity index (χ3v) is 4.93. The van der Waals surface area contributed by atoms with E-state index < -0.39 is 0 Å². The molecule has 25 heavy (non-hydrogen) atoms. The first kappa shape index (κ1) is 17.6. The smallest absolute Gasteiger partial charge is 0.253 e. The van der Waals surface area contributed by atoms with E-state index >= 15 is 0 Å². The molecule has 2 aromatic rings. The molecular weight excluding hydrogens is 341 g/mol. The molecule has 7 heteroatoms. The van der Waals surface area contributed by atoms with Gasteiger partial charge >= 0.3 is 0 Å². The molecule has 0 radical (unpaired) electrons. The Labute approximate surface area is 150 Å². The molecule has 1 aromatic carbocycles. The predicted molar refractivity (Wildman–Crippen MR) is 95.4 cm³/mol. The van der Waals surface area contributed by atoms with Gasteiger partial charge in [-0.25, -0.2) is 4.39 Å². The van der Waals surface area contributed by atoms with Crippen molar-refractivity contribution in [3.05, 3.63) is 58.0 Å². The summed E-state index contributed by atoms with van der Waals surface area (Å²) < 4.78 is 12.9. The molecular formula is C18H20FN3O2S. The first-order chi connectivity index (χ1) is 12.1. The summed E-state index contributed by atoms with van der Waals surface area (Å²) in [5.74, 6) is -0.456. The fraction of sp³-hybridized carbons (Fsp3) is 0.333. The third kappa shape index (κ3) is 4.64. The zero-order valence-corrected chi connectivity index (χ0v) is 14.6. The number of rotatable bonds is 5. The van der Waals surface area contributed by atoms with Crippen molar-refractivity contribution in [1.29, 1.82) is 0 Å². The highest BCUT2D eigenvalue weighted by Crippen LogP contribution is 2.10. The van der Waals surface area contributed by atoms with Crippen molar-refractivity contribution in [1.82, 2.24) is 15.1 Å². The van der Waals surface area contributed by atoms with Gasteiger partial charge in [0.2, 0.25) is 0 Å². The number of halogens is 1. The molecule has 2 heterocycles. The van der Waals surface area contributed by atoms with Crippen LogP contribution in [0.4, 0.5) is 4.39 Å². The Bertz CT molecular complexity index is 710. The van der Waals surface area contributed by atoms with Crippen molar-refractivity contribution in [2.24, 2.45) is 0 Å². The second kappa shape index (κ2) is 8.22. The monoisotopic (exact) mass is 361 g/mol. The van der Waals surface area contributed by atoms with Gasteiger partial charge in [-0.2, -0.15) is 11.3 Å². The molecule has 0 saturated carbocycles. The number of hydrogen-bond donors (Lipinski definition) is 1. The Kier molecular flexibility index (Phi) is 5.78. The number of piperazine rings is 1. The molecule has 0 spiro atoms. The third-order valence-electron chi connectivity index (χ3n) is 4.25. The first-order valence-corrected chi connectivity index (χ1v) is 9.15. The number of carbonyl (C=O) groups excluding carboxylic acids is 2. The molecule has 0 atom stereocenters. The summed E-state index contributed by atoms with van der Waals surface area (Å²) in [6.45, 7) is 4.14. The van der Waals surface area contributed by atoms with Crippen LogP contribution in [0, 0.1) is 5.82 Å². The first-order valence-electron chi connectivity index (χ1n) is 8.21. The van der Waals surface area contributed by atoms with Gasteiger partial charge in [-0.1, -0.05) is 0 Å². The van der Waals surface area contributed by atoms with Gasteiger partial charge in [0, 0.05) is 55.8 Å². The van der Waals surface area contributed by atoms with E-state index in [1.54, 1.807) is 11.0 Å². The molecule has 1 fully saturated rings. The fourth-order valence-corrected chi connectivity index (χ4v) is 3.41. The Morgan fingerprint density at radius 1 is 1.04 bits per heavy atom. The summed E-state index contributed by atoms with van der Waals surface area (Å²) >= 11 is 1.50. The summed E-state index contributed by atoms with van der Waals surface area (Å²) in [5, 5.41) is 6.62. The van der Waals surface area contributed by atoms with E-state index in [0.29, 0.717) is 30.8 Å². The summed E-state index contributed by atoms with van der Waals surface area (Å²) in [7, 11) is 0. The number of nitrogens with zero attached hydrogens (tertiary/aromatic N) is 2. The zero-order chi connectivity index (χ0) is 17.6. The SMILES string of the molecule is O=C(NCCN1CCN(C(=O)c2ccc(F)cc2)CC1)c1ccsc1. The Balaban J connectivity index is 1.40. The molecule has 0 unspecified atom stereocenters. The maximum Gasteiger partial charge on any atom is 0.253 e. The van der Waals surface area contributed by atoms with E-state index in [4.69, 9.17) is 0 Å². The number of benzene rings is 1. The van der Waals surface area contributed by atoms with Crippen molar-refractivity contribution < 1.29 is 14.0 Å². The lowest BCUT2D eigenvalue weighted by molar-refractivity contribution is 0.0638. The largest absolute Gasteiger partial charge is 0.351 e. The lowest BCUT2D eigenvalue weighted by atomic mass is 10.2. The van der Waals surface area contributed by atoms with Crippen LogP contribution in [0.15, 0.2) is 41.1 Å². The minimum atomic E-state index is -0.342. The number of hydrogen-bond acceptors (Lipinski definition) is 4. The van der Waals surface area contributed by atoms with Crippen LogP contribution in [0.5, 0.6) is 0 Å². The van der Waals surface area contributed by atoms with Gasteiger partial charge in [0.15, 0.2) is 0 Å². The van der Waals surface area contributed by atoms with Crippen LogP contribution in [0.2, 0.25) is 0 Å². The molecule has 1 aliphatic rings. The molecule has 1 saturated heterocycles. The van der Waals surface area contributed by atoms with Crippen molar-refractivity contribution in [2.45, 2.75) is 0 Å². The predicted octanol–water partition coefficient (Wildman–Crippen LogP) is 2.08. The second-order valence-corrected chi connectivity index (χ2v) is 6.69. The van der Waals surface area contributed by atoms with Gasteiger partial charge in [-0.05, 0) is 35.7 Å². The molecule has 132 valence electrons. The highest BCUT2D eigenvalue weighted by atomic mass is 32.1. The molecule has 1 N–H and O–H groups in total. The van der Waals surface area contributed by atoms with Crippen molar-refractivity contribution in [2.75, 3.05) is 39.3 Å². The Morgan fingerprint density at radius 3 is 2.40 bits per heavy atom. The number of nitrogens with one attached hydrogen (secondary N) is 1. The van der Waals surface area contributed by atoms with Crippen LogP contribution in [-0.4, -0.2) is 60.9 Å². The van der Waals surface area contributed by atoms with Crippen LogP contribution in [0.1, 0.15) is 20.7 Å². The lowest BCUT2D eigenvalue weighted by Gasteiger charge is -2.34. The summed E-state index contributed by atoms with van der Waals surface area (Å²) in [6.07, 6.45) is 0. The van der Waals surface area contributed by atoms with E-state index in [9.17, 15) is 14.0 Å². The summed E-state index contributed by atoms with van der Waals surface area (Å²) in [6, 6.07) is 7.45. The molecule has 3 rings (SSSR count). The average molecular weight is 361 g/mol. The maximum absolute atomic E-state index is 12.9. The van der Waals surface area contributed by atoms with Crippen LogP contribution in [0.3, 0.4) is 0 Å². The summed E-state index contributed by atoms with van der Waals surface area (Å²) in [5.41, 5.74) is 1.21. The van der Waals surface area contributed by atoms with Gasteiger partial charge in [-0.15, -0.1) is 0 Å². The van der Waals surface area contributed by atoms with Crippen LogP contribution in [-0.2, 0) is 0 Å². The highest BCUT2D eigenvalue weighted by molar-refractivity contribution is 7.08. The second-order valence-electron chi connectivity index (χ2n) is 5.91. The van der Waals surface area contributed by atoms with Gasteiger partial charge in [0.05, 0.1) is 0 Å². The van der Waals surface area contributed by atoms with E-state index in [2.05, 4.69) is 10.2 Å². The molecule has 5 nitrogen and oxygen atoms in total.